The van der Waals surface area contributed by atoms with Crippen LogP contribution in [0.25, 0.3) is 10.9 Å². The first kappa shape index (κ1) is 14.9. The van der Waals surface area contributed by atoms with Crippen LogP contribution in [0, 0.1) is 0 Å². The minimum absolute atomic E-state index is 0.0206. The van der Waals surface area contributed by atoms with Crippen LogP contribution in [0.4, 0.5) is 5.69 Å². The molecule has 1 aromatic heterocycles. The molecular formula is C17H21N3O2. The van der Waals surface area contributed by atoms with Crippen LogP contribution >= 0.6 is 0 Å². The van der Waals surface area contributed by atoms with E-state index in [-0.39, 0.29) is 18.1 Å². The van der Waals surface area contributed by atoms with Gasteiger partial charge in [-0.2, -0.15) is 0 Å². The Labute approximate surface area is 130 Å². The molecule has 2 N–H and O–H groups in total. The maximum atomic E-state index is 12.5. The molecule has 1 amide bonds. The number of pyridine rings is 1. The number of aliphatic hydroxyl groups is 1. The molecule has 2 aromatic rings. The Morgan fingerprint density at radius 1 is 1.32 bits per heavy atom. The summed E-state index contributed by atoms with van der Waals surface area (Å²) < 4.78 is 0. The van der Waals surface area contributed by atoms with Crippen molar-refractivity contribution in [1.82, 2.24) is 9.88 Å². The maximum absolute atomic E-state index is 12.5. The zero-order valence-electron chi connectivity index (χ0n) is 12.7. The average Bonchev–Trinajstić information content (AvgIpc) is 2.55. The standard InChI is InChI=1S/C17H21N3O2/c1-12(20-10-7-13(21)8-11-20)17(22)19-16-6-2-5-15-14(16)4-3-9-18-15/h2-6,9,12-13,21H,7-8,10-11H2,1H3,(H,19,22). The molecule has 0 bridgehead atoms. The van der Waals surface area contributed by atoms with Crippen molar-refractivity contribution in [1.29, 1.82) is 0 Å². The highest BCUT2D eigenvalue weighted by Crippen LogP contribution is 2.22. The van der Waals surface area contributed by atoms with Crippen LogP contribution in [-0.2, 0) is 4.79 Å². The minimum atomic E-state index is -0.226. The third kappa shape index (κ3) is 3.10. The number of aromatic nitrogens is 1. The molecule has 0 spiro atoms. The molecule has 0 aliphatic carbocycles. The summed E-state index contributed by atoms with van der Waals surface area (Å²) in [5.74, 6) is -0.0206. The van der Waals surface area contributed by atoms with E-state index in [1.165, 1.54) is 0 Å². The molecule has 2 heterocycles. The Bertz CT molecular complexity index is 661. The van der Waals surface area contributed by atoms with Gasteiger partial charge in [-0.1, -0.05) is 6.07 Å². The molecule has 0 radical (unpaired) electrons. The van der Waals surface area contributed by atoms with Crippen LogP contribution in [0.3, 0.4) is 0 Å². The van der Waals surface area contributed by atoms with Gasteiger partial charge in [0.25, 0.3) is 0 Å². The van der Waals surface area contributed by atoms with Crippen molar-refractivity contribution in [3.63, 3.8) is 0 Å². The van der Waals surface area contributed by atoms with Gasteiger partial charge in [0.15, 0.2) is 0 Å². The fourth-order valence-corrected chi connectivity index (χ4v) is 2.89. The van der Waals surface area contributed by atoms with Gasteiger partial charge in [0.1, 0.15) is 0 Å². The number of benzene rings is 1. The second kappa shape index (κ2) is 6.42. The van der Waals surface area contributed by atoms with Crippen molar-refractivity contribution >= 4 is 22.5 Å². The predicted molar refractivity (Wildman–Crippen MR) is 86.6 cm³/mol. The highest BCUT2D eigenvalue weighted by Gasteiger charge is 2.25. The van der Waals surface area contributed by atoms with Crippen LogP contribution < -0.4 is 5.32 Å². The number of rotatable bonds is 3. The van der Waals surface area contributed by atoms with E-state index in [4.69, 9.17) is 0 Å². The van der Waals surface area contributed by atoms with Gasteiger partial charge in [0, 0.05) is 24.7 Å². The number of amides is 1. The lowest BCUT2D eigenvalue weighted by Crippen LogP contribution is -2.47. The van der Waals surface area contributed by atoms with Gasteiger partial charge < -0.3 is 10.4 Å². The van der Waals surface area contributed by atoms with E-state index in [0.29, 0.717) is 0 Å². The monoisotopic (exact) mass is 299 g/mol. The first-order valence-electron chi connectivity index (χ1n) is 7.72. The van der Waals surface area contributed by atoms with Crippen LogP contribution in [0.15, 0.2) is 36.5 Å². The quantitative estimate of drug-likeness (QED) is 0.910. The van der Waals surface area contributed by atoms with Crippen LogP contribution in [0.1, 0.15) is 19.8 Å². The van der Waals surface area contributed by atoms with E-state index in [9.17, 15) is 9.90 Å². The van der Waals surface area contributed by atoms with Crippen molar-refractivity contribution in [2.45, 2.75) is 31.9 Å². The molecule has 1 aliphatic rings. The maximum Gasteiger partial charge on any atom is 0.241 e. The summed E-state index contributed by atoms with van der Waals surface area (Å²) in [6.45, 7) is 3.43. The van der Waals surface area contributed by atoms with Crippen LogP contribution in [-0.4, -0.2) is 46.1 Å². The molecule has 0 saturated carbocycles. The van der Waals surface area contributed by atoms with Gasteiger partial charge in [-0.15, -0.1) is 0 Å². The van der Waals surface area contributed by atoms with Gasteiger partial charge >= 0.3 is 0 Å². The molecule has 1 aromatic carbocycles. The van der Waals surface area contributed by atoms with Crippen molar-refractivity contribution in [3.05, 3.63) is 36.5 Å². The molecule has 5 nitrogen and oxygen atoms in total. The molecule has 1 aliphatic heterocycles. The predicted octanol–water partition coefficient (Wildman–Crippen LogP) is 2.02. The Morgan fingerprint density at radius 3 is 2.86 bits per heavy atom. The lowest BCUT2D eigenvalue weighted by atomic mass is 10.1. The number of likely N-dealkylation sites (tertiary alicyclic amines) is 1. The highest BCUT2D eigenvalue weighted by molar-refractivity contribution is 6.02. The molecule has 1 saturated heterocycles. The van der Waals surface area contributed by atoms with E-state index in [2.05, 4.69) is 15.2 Å². The Morgan fingerprint density at radius 2 is 2.09 bits per heavy atom. The molecular weight excluding hydrogens is 278 g/mol. The molecule has 1 unspecified atom stereocenters. The number of fused-ring (bicyclic) bond motifs is 1. The minimum Gasteiger partial charge on any atom is -0.393 e. The smallest absolute Gasteiger partial charge is 0.241 e. The Kier molecular flexibility index (Phi) is 4.36. The lowest BCUT2D eigenvalue weighted by molar-refractivity contribution is -0.121. The molecule has 1 fully saturated rings. The van der Waals surface area contributed by atoms with E-state index < -0.39 is 0 Å². The zero-order valence-corrected chi connectivity index (χ0v) is 12.7. The first-order valence-corrected chi connectivity index (χ1v) is 7.72. The molecule has 116 valence electrons. The van der Waals surface area contributed by atoms with Gasteiger partial charge in [-0.25, -0.2) is 0 Å². The van der Waals surface area contributed by atoms with E-state index in [1.54, 1.807) is 6.20 Å². The summed E-state index contributed by atoms with van der Waals surface area (Å²) in [6.07, 6.45) is 2.98. The summed E-state index contributed by atoms with van der Waals surface area (Å²) in [5, 5.41) is 13.5. The summed E-state index contributed by atoms with van der Waals surface area (Å²) in [7, 11) is 0. The number of nitrogens with zero attached hydrogens (tertiary/aromatic N) is 2. The second-order valence-electron chi connectivity index (χ2n) is 5.81. The van der Waals surface area contributed by atoms with Crippen LogP contribution in [0.5, 0.6) is 0 Å². The van der Waals surface area contributed by atoms with Crippen LogP contribution in [0.2, 0.25) is 0 Å². The van der Waals surface area contributed by atoms with E-state index in [0.717, 1.165) is 42.5 Å². The van der Waals surface area contributed by atoms with Gasteiger partial charge in [-0.3, -0.25) is 14.7 Å². The summed E-state index contributed by atoms with van der Waals surface area (Å²) in [6, 6.07) is 9.34. The van der Waals surface area contributed by atoms with Crippen molar-refractivity contribution in [2.75, 3.05) is 18.4 Å². The first-order chi connectivity index (χ1) is 10.6. The molecule has 22 heavy (non-hydrogen) atoms. The van der Waals surface area contributed by atoms with Gasteiger partial charge in [0.05, 0.1) is 23.3 Å². The average molecular weight is 299 g/mol. The summed E-state index contributed by atoms with van der Waals surface area (Å²) in [5.41, 5.74) is 1.66. The van der Waals surface area contributed by atoms with Crippen molar-refractivity contribution in [2.24, 2.45) is 0 Å². The fourth-order valence-electron chi connectivity index (χ4n) is 2.89. The Hall–Kier alpha value is -1.98. The van der Waals surface area contributed by atoms with Gasteiger partial charge in [-0.05, 0) is 44.0 Å². The summed E-state index contributed by atoms with van der Waals surface area (Å²) >= 11 is 0. The zero-order chi connectivity index (χ0) is 15.5. The largest absolute Gasteiger partial charge is 0.393 e. The third-order valence-electron chi connectivity index (χ3n) is 4.33. The Balaban J connectivity index is 1.73. The topological polar surface area (TPSA) is 65.5 Å². The summed E-state index contributed by atoms with van der Waals surface area (Å²) in [4.78, 5) is 18.9. The highest BCUT2D eigenvalue weighted by atomic mass is 16.3. The molecule has 3 rings (SSSR count). The van der Waals surface area contributed by atoms with Gasteiger partial charge in [0.2, 0.25) is 5.91 Å². The lowest BCUT2D eigenvalue weighted by Gasteiger charge is -2.33. The number of hydrogen-bond acceptors (Lipinski definition) is 4. The second-order valence-corrected chi connectivity index (χ2v) is 5.81. The number of hydrogen-bond donors (Lipinski definition) is 2. The fraction of sp³-hybridized carbons (Fsp3) is 0.412. The SMILES string of the molecule is CC(C(=O)Nc1cccc2ncccc12)N1CCC(O)CC1. The normalized spacial score (nSPS) is 18.3. The number of anilines is 1. The molecule has 5 heteroatoms. The van der Waals surface area contributed by atoms with Crippen molar-refractivity contribution < 1.29 is 9.90 Å². The third-order valence-corrected chi connectivity index (χ3v) is 4.33. The number of carbonyl (C=O) groups excluding carboxylic acids is 1. The number of carbonyl (C=O) groups is 1. The van der Waals surface area contributed by atoms with E-state index in [1.807, 2.05) is 37.3 Å². The number of piperidine rings is 1. The molecule has 1 atom stereocenters. The number of nitrogens with one attached hydrogen (secondary N) is 1. The van der Waals surface area contributed by atoms with Crippen molar-refractivity contribution in [3.8, 4) is 0 Å². The number of aliphatic hydroxyl groups excluding tert-OH is 1. The van der Waals surface area contributed by atoms with E-state index >= 15 is 0 Å².